The van der Waals surface area contributed by atoms with Crippen molar-refractivity contribution in [3.05, 3.63) is 84.2 Å². The Morgan fingerprint density at radius 3 is 2.47 bits per heavy atom. The van der Waals surface area contributed by atoms with E-state index in [9.17, 15) is 27.1 Å². The molecule has 4 aromatic rings. The van der Waals surface area contributed by atoms with Crippen molar-refractivity contribution < 1.29 is 36.5 Å². The summed E-state index contributed by atoms with van der Waals surface area (Å²) < 4.78 is 77.3. The summed E-state index contributed by atoms with van der Waals surface area (Å²) in [6, 6.07) is 7.78. The Morgan fingerprint density at radius 1 is 1.08 bits per heavy atom. The molecule has 0 unspecified atom stereocenters. The summed E-state index contributed by atoms with van der Waals surface area (Å²) in [5, 5.41) is 23.2. The predicted molar refractivity (Wildman–Crippen MR) is 113 cm³/mol. The van der Waals surface area contributed by atoms with Gasteiger partial charge in [0.05, 0.1) is 31.1 Å². The van der Waals surface area contributed by atoms with Gasteiger partial charge in [-0.2, -0.15) is 5.10 Å². The van der Waals surface area contributed by atoms with Gasteiger partial charge in [0.25, 0.3) is 0 Å². The standard InChI is InChI=1S/C22H19F5N6O3/c1-14(21(34,11-32-13-28-12-29-32)19-7-2-15(23)8-20(19)24)35-10-16-9-33(31-30-16)17-3-5-18(6-4-17)36-22(25,26)27/h2-9,12-14,34H,10-11H2,1H3/t14-,21-/m1/s1. The van der Waals surface area contributed by atoms with Crippen LogP contribution in [0, 0.1) is 11.6 Å². The maximum absolute atomic E-state index is 14.6. The molecule has 36 heavy (non-hydrogen) atoms. The summed E-state index contributed by atoms with van der Waals surface area (Å²) in [6.07, 6.45) is -1.79. The largest absolute Gasteiger partial charge is 0.573 e. The molecule has 2 heterocycles. The average molecular weight is 510 g/mol. The molecule has 9 nitrogen and oxygen atoms in total. The van der Waals surface area contributed by atoms with Crippen LogP contribution in [0.15, 0.2) is 61.3 Å². The Balaban J connectivity index is 1.48. The normalized spacial score (nSPS) is 14.4. The first-order valence-electron chi connectivity index (χ1n) is 10.4. The van der Waals surface area contributed by atoms with Crippen LogP contribution in [0.2, 0.25) is 0 Å². The van der Waals surface area contributed by atoms with Gasteiger partial charge in [0.1, 0.15) is 41.3 Å². The molecular weight excluding hydrogens is 491 g/mol. The number of hydrogen-bond acceptors (Lipinski definition) is 7. The van der Waals surface area contributed by atoms with Crippen molar-refractivity contribution >= 4 is 0 Å². The Hall–Kier alpha value is -3.91. The second-order valence-corrected chi connectivity index (χ2v) is 7.79. The fraction of sp³-hybridized carbons (Fsp3) is 0.273. The molecule has 0 amide bonds. The molecule has 14 heteroatoms. The van der Waals surface area contributed by atoms with Gasteiger partial charge in [-0.05, 0) is 37.3 Å². The highest BCUT2D eigenvalue weighted by atomic mass is 19.4. The van der Waals surface area contributed by atoms with E-state index in [1.807, 2.05) is 0 Å². The second kappa shape index (κ2) is 9.99. The molecule has 0 bridgehead atoms. The van der Waals surface area contributed by atoms with Gasteiger partial charge in [0.15, 0.2) is 0 Å². The molecule has 1 N–H and O–H groups in total. The zero-order chi connectivity index (χ0) is 25.9. The lowest BCUT2D eigenvalue weighted by molar-refractivity contribution is -0.274. The van der Waals surface area contributed by atoms with Crippen molar-refractivity contribution in [2.75, 3.05) is 0 Å². The van der Waals surface area contributed by atoms with Crippen LogP contribution >= 0.6 is 0 Å². The number of nitrogens with zero attached hydrogens (tertiary/aromatic N) is 6. The average Bonchev–Trinajstić information content (AvgIpc) is 3.49. The molecule has 0 saturated heterocycles. The van der Waals surface area contributed by atoms with E-state index in [0.29, 0.717) is 17.4 Å². The minimum atomic E-state index is -4.80. The molecule has 2 aromatic heterocycles. The molecule has 190 valence electrons. The quantitative estimate of drug-likeness (QED) is 0.344. The van der Waals surface area contributed by atoms with Crippen LogP contribution in [-0.2, 0) is 23.5 Å². The molecule has 4 rings (SSSR count). The zero-order valence-electron chi connectivity index (χ0n) is 18.6. The van der Waals surface area contributed by atoms with E-state index in [1.54, 1.807) is 0 Å². The lowest BCUT2D eigenvalue weighted by Crippen LogP contribution is -2.44. The van der Waals surface area contributed by atoms with Crippen LogP contribution in [0.3, 0.4) is 0 Å². The fourth-order valence-electron chi connectivity index (χ4n) is 3.47. The molecule has 0 aliphatic rings. The summed E-state index contributed by atoms with van der Waals surface area (Å²) in [7, 11) is 0. The van der Waals surface area contributed by atoms with Crippen molar-refractivity contribution in [2.24, 2.45) is 0 Å². The van der Waals surface area contributed by atoms with Gasteiger partial charge in [-0.15, -0.1) is 18.3 Å². The number of ether oxygens (including phenoxy) is 2. The maximum atomic E-state index is 14.6. The minimum Gasteiger partial charge on any atom is -0.406 e. The van der Waals surface area contributed by atoms with Crippen LogP contribution in [0.5, 0.6) is 5.75 Å². The predicted octanol–water partition coefficient (Wildman–Crippen LogP) is 3.53. The molecule has 0 saturated carbocycles. The third kappa shape index (κ3) is 5.83. The van der Waals surface area contributed by atoms with Gasteiger partial charge in [-0.3, -0.25) is 0 Å². The Labute approximate surface area is 200 Å². The Kier molecular flexibility index (Phi) is 6.99. The van der Waals surface area contributed by atoms with Crippen LogP contribution in [0.4, 0.5) is 22.0 Å². The third-order valence-corrected chi connectivity index (χ3v) is 5.30. The zero-order valence-corrected chi connectivity index (χ0v) is 18.6. The van der Waals surface area contributed by atoms with Crippen LogP contribution in [-0.4, -0.2) is 47.3 Å². The molecule has 0 radical (unpaired) electrons. The topological polar surface area (TPSA) is 100 Å². The highest BCUT2D eigenvalue weighted by molar-refractivity contribution is 5.36. The minimum absolute atomic E-state index is 0.154. The summed E-state index contributed by atoms with van der Waals surface area (Å²) in [5.41, 5.74) is -1.43. The first-order valence-corrected chi connectivity index (χ1v) is 10.4. The van der Waals surface area contributed by atoms with Crippen LogP contribution < -0.4 is 4.74 Å². The van der Waals surface area contributed by atoms with Crippen molar-refractivity contribution in [3.63, 3.8) is 0 Å². The van der Waals surface area contributed by atoms with Crippen LogP contribution in [0.1, 0.15) is 18.2 Å². The first kappa shape index (κ1) is 25.2. The van der Waals surface area contributed by atoms with E-state index in [-0.39, 0.29) is 24.5 Å². The van der Waals surface area contributed by atoms with Gasteiger partial charge in [0.2, 0.25) is 0 Å². The van der Waals surface area contributed by atoms with Crippen molar-refractivity contribution in [2.45, 2.75) is 38.1 Å². The number of aliphatic hydroxyl groups is 1. The summed E-state index contributed by atoms with van der Waals surface area (Å²) >= 11 is 0. The second-order valence-electron chi connectivity index (χ2n) is 7.79. The summed E-state index contributed by atoms with van der Waals surface area (Å²) in [6.45, 7) is 1.11. The number of benzene rings is 2. The number of aromatic nitrogens is 6. The Bertz CT molecular complexity index is 1300. The molecule has 2 atom stereocenters. The fourth-order valence-corrected chi connectivity index (χ4v) is 3.47. The number of hydrogen-bond donors (Lipinski definition) is 1. The third-order valence-electron chi connectivity index (χ3n) is 5.30. The SMILES string of the molecule is C[C@@H](OCc1cn(-c2ccc(OC(F)(F)F)cc2)nn1)[C@](O)(Cn1cncn1)c1ccc(F)cc1F. The van der Waals surface area contributed by atoms with Gasteiger partial charge in [0, 0.05) is 11.6 Å². The lowest BCUT2D eigenvalue weighted by Gasteiger charge is -2.34. The number of halogens is 5. The van der Waals surface area contributed by atoms with Crippen molar-refractivity contribution in [3.8, 4) is 11.4 Å². The molecule has 0 fully saturated rings. The van der Waals surface area contributed by atoms with E-state index in [0.717, 1.165) is 24.3 Å². The first-order chi connectivity index (χ1) is 17.0. The summed E-state index contributed by atoms with van der Waals surface area (Å²) in [4.78, 5) is 3.81. The number of alkyl halides is 3. The van der Waals surface area contributed by atoms with E-state index < -0.39 is 29.7 Å². The molecule has 0 aliphatic heterocycles. The number of rotatable bonds is 9. The molecule has 0 spiro atoms. The molecule has 0 aliphatic carbocycles. The molecular formula is C22H19F5N6O3. The van der Waals surface area contributed by atoms with Gasteiger partial charge in [-0.1, -0.05) is 11.3 Å². The van der Waals surface area contributed by atoms with Crippen molar-refractivity contribution in [1.82, 2.24) is 29.8 Å². The van der Waals surface area contributed by atoms with Crippen LogP contribution in [0.25, 0.3) is 5.69 Å². The van der Waals surface area contributed by atoms with E-state index in [4.69, 9.17) is 4.74 Å². The van der Waals surface area contributed by atoms with Crippen molar-refractivity contribution in [1.29, 1.82) is 0 Å². The van der Waals surface area contributed by atoms with E-state index in [1.165, 1.54) is 47.3 Å². The van der Waals surface area contributed by atoms with E-state index >= 15 is 0 Å². The maximum Gasteiger partial charge on any atom is 0.573 e. The highest BCUT2D eigenvalue weighted by Gasteiger charge is 2.40. The Morgan fingerprint density at radius 2 is 1.83 bits per heavy atom. The smallest absolute Gasteiger partial charge is 0.406 e. The lowest BCUT2D eigenvalue weighted by atomic mass is 9.88. The summed E-state index contributed by atoms with van der Waals surface area (Å²) in [5.74, 6) is -2.15. The monoisotopic (exact) mass is 510 g/mol. The van der Waals surface area contributed by atoms with E-state index in [2.05, 4.69) is 25.1 Å². The highest BCUT2D eigenvalue weighted by Crippen LogP contribution is 2.32. The molecule has 2 aromatic carbocycles. The van der Waals surface area contributed by atoms with Gasteiger partial charge >= 0.3 is 6.36 Å². The van der Waals surface area contributed by atoms with Gasteiger partial charge < -0.3 is 14.6 Å². The van der Waals surface area contributed by atoms with Gasteiger partial charge in [-0.25, -0.2) is 23.1 Å².